The quantitative estimate of drug-likeness (QED) is 0.686. The number of rotatable bonds is 5. The molecule has 6 nitrogen and oxygen atoms in total. The standard InChI is InChI=1S/C20H21ClF3N3O3/c1-19(2,30-14-7-5-13(21)6-8-14)17(28)27-11-3-4-15(12-27)29-18-25-10-9-16(26-18)20(22,23)24/h5-10,15H,3-4,11-12H2,1-2H3. The highest BCUT2D eigenvalue weighted by atomic mass is 35.5. The molecule has 3 rings (SSSR count). The molecule has 1 aromatic carbocycles. The number of carbonyl (C=O) groups excluding carboxylic acids is 1. The predicted octanol–water partition coefficient (Wildman–Crippen LogP) is 4.38. The minimum atomic E-state index is -4.58. The Hall–Kier alpha value is -2.55. The van der Waals surface area contributed by atoms with E-state index in [4.69, 9.17) is 21.1 Å². The van der Waals surface area contributed by atoms with Crippen LogP contribution in [0, 0.1) is 0 Å². The maximum Gasteiger partial charge on any atom is 0.433 e. The maximum atomic E-state index is 13.0. The number of hydrogen-bond donors (Lipinski definition) is 0. The summed E-state index contributed by atoms with van der Waals surface area (Å²) in [4.78, 5) is 21.8. The Labute approximate surface area is 177 Å². The molecular formula is C20H21ClF3N3O3. The summed E-state index contributed by atoms with van der Waals surface area (Å²) < 4.78 is 49.9. The number of piperidine rings is 1. The van der Waals surface area contributed by atoms with Gasteiger partial charge in [0, 0.05) is 17.8 Å². The molecule has 2 heterocycles. The van der Waals surface area contributed by atoms with Gasteiger partial charge in [-0.05, 0) is 57.0 Å². The van der Waals surface area contributed by atoms with Crippen LogP contribution in [-0.4, -0.2) is 45.6 Å². The molecule has 1 saturated heterocycles. The molecule has 162 valence electrons. The number of benzene rings is 1. The first-order chi connectivity index (χ1) is 14.0. The van der Waals surface area contributed by atoms with Gasteiger partial charge in [0.2, 0.25) is 0 Å². The van der Waals surface area contributed by atoms with Crippen LogP contribution in [0.25, 0.3) is 0 Å². The number of amides is 1. The van der Waals surface area contributed by atoms with E-state index < -0.39 is 23.6 Å². The van der Waals surface area contributed by atoms with E-state index in [9.17, 15) is 18.0 Å². The summed E-state index contributed by atoms with van der Waals surface area (Å²) in [5.41, 5.74) is -2.23. The average Bonchev–Trinajstić information content (AvgIpc) is 2.69. The molecule has 0 N–H and O–H groups in total. The van der Waals surface area contributed by atoms with E-state index in [0.29, 0.717) is 30.2 Å². The van der Waals surface area contributed by atoms with Crippen molar-refractivity contribution in [1.82, 2.24) is 14.9 Å². The topological polar surface area (TPSA) is 64.5 Å². The van der Waals surface area contributed by atoms with Gasteiger partial charge in [-0.1, -0.05) is 11.6 Å². The lowest BCUT2D eigenvalue weighted by atomic mass is 10.0. The lowest BCUT2D eigenvalue weighted by Crippen LogP contribution is -2.53. The van der Waals surface area contributed by atoms with Gasteiger partial charge in [0.25, 0.3) is 5.91 Å². The number of aromatic nitrogens is 2. The van der Waals surface area contributed by atoms with Gasteiger partial charge >= 0.3 is 12.2 Å². The third kappa shape index (κ3) is 5.53. The van der Waals surface area contributed by atoms with Crippen molar-refractivity contribution in [3.05, 3.63) is 47.2 Å². The van der Waals surface area contributed by atoms with E-state index in [0.717, 1.165) is 12.3 Å². The largest absolute Gasteiger partial charge is 0.478 e. The van der Waals surface area contributed by atoms with Crippen LogP contribution in [0.15, 0.2) is 36.5 Å². The van der Waals surface area contributed by atoms with Crippen LogP contribution in [0.3, 0.4) is 0 Å². The smallest absolute Gasteiger partial charge is 0.433 e. The number of halogens is 4. The molecule has 1 aliphatic heterocycles. The SMILES string of the molecule is CC(C)(Oc1ccc(Cl)cc1)C(=O)N1CCCC(Oc2nccc(C(F)(F)F)n2)C1. The molecular weight excluding hydrogens is 423 g/mol. The molecule has 0 bridgehead atoms. The van der Waals surface area contributed by atoms with Gasteiger partial charge in [-0.15, -0.1) is 0 Å². The van der Waals surface area contributed by atoms with Gasteiger partial charge in [0.1, 0.15) is 11.9 Å². The van der Waals surface area contributed by atoms with Gasteiger partial charge in [-0.2, -0.15) is 18.2 Å². The van der Waals surface area contributed by atoms with Crippen LogP contribution < -0.4 is 9.47 Å². The monoisotopic (exact) mass is 443 g/mol. The second-order valence-electron chi connectivity index (χ2n) is 7.42. The molecule has 0 saturated carbocycles. The highest BCUT2D eigenvalue weighted by Crippen LogP contribution is 2.29. The highest BCUT2D eigenvalue weighted by Gasteiger charge is 2.37. The minimum absolute atomic E-state index is 0.200. The first-order valence-electron chi connectivity index (χ1n) is 9.35. The van der Waals surface area contributed by atoms with Crippen molar-refractivity contribution in [1.29, 1.82) is 0 Å². The Bertz CT molecular complexity index is 891. The third-order valence-electron chi connectivity index (χ3n) is 4.56. The van der Waals surface area contributed by atoms with Crippen LogP contribution in [0.2, 0.25) is 5.02 Å². The van der Waals surface area contributed by atoms with Crippen molar-refractivity contribution in [3.8, 4) is 11.8 Å². The van der Waals surface area contributed by atoms with Crippen molar-refractivity contribution in [2.24, 2.45) is 0 Å². The Morgan fingerprint density at radius 2 is 1.90 bits per heavy atom. The van der Waals surface area contributed by atoms with Gasteiger partial charge in [-0.3, -0.25) is 4.79 Å². The van der Waals surface area contributed by atoms with Crippen molar-refractivity contribution in [3.63, 3.8) is 0 Å². The first kappa shape index (κ1) is 22.1. The summed E-state index contributed by atoms with van der Waals surface area (Å²) in [6.45, 7) is 4.01. The number of alkyl halides is 3. The molecule has 1 amide bonds. The van der Waals surface area contributed by atoms with E-state index in [2.05, 4.69) is 9.97 Å². The number of ether oxygens (including phenoxy) is 2. The van der Waals surface area contributed by atoms with Gasteiger partial charge < -0.3 is 14.4 Å². The predicted molar refractivity (Wildman–Crippen MR) is 103 cm³/mol. The van der Waals surface area contributed by atoms with Gasteiger partial charge in [0.05, 0.1) is 6.54 Å². The molecule has 0 spiro atoms. The summed E-state index contributed by atoms with van der Waals surface area (Å²) in [5, 5.41) is 0.555. The van der Waals surface area contributed by atoms with Crippen LogP contribution in [0.4, 0.5) is 13.2 Å². The fraction of sp³-hybridized carbons (Fsp3) is 0.450. The maximum absolute atomic E-state index is 13.0. The number of carbonyl (C=O) groups is 1. The molecule has 1 unspecified atom stereocenters. The van der Waals surface area contributed by atoms with Crippen molar-refractivity contribution < 1.29 is 27.4 Å². The zero-order valence-electron chi connectivity index (χ0n) is 16.4. The fourth-order valence-corrected chi connectivity index (χ4v) is 3.27. The second kappa shape index (κ2) is 8.67. The number of likely N-dealkylation sites (tertiary alicyclic amines) is 1. The second-order valence-corrected chi connectivity index (χ2v) is 7.86. The van der Waals surface area contributed by atoms with E-state index in [1.165, 1.54) is 0 Å². The van der Waals surface area contributed by atoms with Crippen molar-refractivity contribution in [2.45, 2.75) is 44.6 Å². The van der Waals surface area contributed by atoms with Crippen LogP contribution in [0.1, 0.15) is 32.4 Å². The molecule has 1 atom stereocenters. The van der Waals surface area contributed by atoms with E-state index in [-0.39, 0.29) is 18.5 Å². The average molecular weight is 444 g/mol. The van der Waals surface area contributed by atoms with E-state index in [1.807, 2.05) is 0 Å². The molecule has 1 fully saturated rings. The molecule has 1 aromatic heterocycles. The lowest BCUT2D eigenvalue weighted by Gasteiger charge is -2.37. The van der Waals surface area contributed by atoms with E-state index in [1.54, 1.807) is 43.0 Å². The fourth-order valence-electron chi connectivity index (χ4n) is 3.15. The Morgan fingerprint density at radius 1 is 1.20 bits per heavy atom. The summed E-state index contributed by atoms with van der Waals surface area (Å²) in [6.07, 6.45) is -2.90. The lowest BCUT2D eigenvalue weighted by molar-refractivity contribution is -0.148. The first-order valence-corrected chi connectivity index (χ1v) is 9.73. The van der Waals surface area contributed by atoms with Gasteiger partial charge in [0.15, 0.2) is 11.3 Å². The molecule has 0 aliphatic carbocycles. The molecule has 30 heavy (non-hydrogen) atoms. The molecule has 10 heteroatoms. The van der Waals surface area contributed by atoms with E-state index >= 15 is 0 Å². The van der Waals surface area contributed by atoms with Crippen LogP contribution in [0.5, 0.6) is 11.8 Å². The Balaban J connectivity index is 1.65. The summed E-state index contributed by atoms with van der Waals surface area (Å²) in [7, 11) is 0. The summed E-state index contributed by atoms with van der Waals surface area (Å²) >= 11 is 5.87. The normalized spacial score (nSPS) is 17.5. The number of hydrogen-bond acceptors (Lipinski definition) is 5. The Morgan fingerprint density at radius 3 is 2.57 bits per heavy atom. The highest BCUT2D eigenvalue weighted by molar-refractivity contribution is 6.30. The third-order valence-corrected chi connectivity index (χ3v) is 4.82. The van der Waals surface area contributed by atoms with Crippen molar-refractivity contribution in [2.75, 3.05) is 13.1 Å². The summed E-state index contributed by atoms with van der Waals surface area (Å²) in [5.74, 6) is 0.246. The van der Waals surface area contributed by atoms with Crippen LogP contribution in [-0.2, 0) is 11.0 Å². The zero-order chi connectivity index (χ0) is 21.9. The summed E-state index contributed by atoms with van der Waals surface area (Å²) in [6, 6.07) is 7.09. The molecule has 2 aromatic rings. The number of nitrogens with zero attached hydrogens (tertiary/aromatic N) is 3. The zero-order valence-corrected chi connectivity index (χ0v) is 17.2. The molecule has 0 radical (unpaired) electrons. The molecule has 1 aliphatic rings. The van der Waals surface area contributed by atoms with Crippen molar-refractivity contribution >= 4 is 17.5 Å². The van der Waals surface area contributed by atoms with Gasteiger partial charge in [-0.25, -0.2) is 4.98 Å². The van der Waals surface area contributed by atoms with Crippen LogP contribution >= 0.6 is 11.6 Å². The minimum Gasteiger partial charge on any atom is -0.478 e. The Kier molecular flexibility index (Phi) is 6.40.